The molecule has 0 aliphatic heterocycles. The van der Waals surface area contributed by atoms with Gasteiger partial charge in [0.05, 0.1) is 19.3 Å². The Balaban J connectivity index is 2.75. The molecule has 0 saturated heterocycles. The van der Waals surface area contributed by atoms with E-state index < -0.39 is 0 Å². The quantitative estimate of drug-likeness (QED) is 0.725. The van der Waals surface area contributed by atoms with Crippen molar-refractivity contribution in [2.45, 2.75) is 19.9 Å². The Hall–Kier alpha value is -1.40. The van der Waals surface area contributed by atoms with Crippen LogP contribution >= 0.6 is 0 Å². The average molecular weight is 240 g/mol. The second kappa shape index (κ2) is 7.03. The average Bonchev–Trinajstić information content (AvgIpc) is 2.28. The molecule has 0 amide bonds. The van der Waals surface area contributed by atoms with Gasteiger partial charge in [-0.25, -0.2) is 4.98 Å². The Bertz CT molecular complexity index is 346. The minimum absolute atomic E-state index is 0.0313. The topological polar surface area (TPSA) is 82.3 Å². The van der Waals surface area contributed by atoms with Crippen molar-refractivity contribution in [3.05, 3.63) is 11.9 Å². The van der Waals surface area contributed by atoms with Gasteiger partial charge in [0.2, 0.25) is 5.88 Å². The van der Waals surface area contributed by atoms with E-state index in [1.54, 1.807) is 13.2 Å². The van der Waals surface area contributed by atoms with Gasteiger partial charge < -0.3 is 20.5 Å². The van der Waals surface area contributed by atoms with E-state index >= 15 is 0 Å². The molecule has 1 atom stereocenters. The minimum Gasteiger partial charge on any atom is -0.478 e. The van der Waals surface area contributed by atoms with E-state index in [9.17, 15) is 0 Å². The number of nitrogens with two attached hydrogens (primary N) is 1. The van der Waals surface area contributed by atoms with Gasteiger partial charge in [-0.2, -0.15) is 4.98 Å². The first-order chi connectivity index (χ1) is 8.19. The summed E-state index contributed by atoms with van der Waals surface area (Å²) in [7, 11) is 1.64. The van der Waals surface area contributed by atoms with Crippen LogP contribution in [0.5, 0.6) is 5.88 Å². The van der Waals surface area contributed by atoms with E-state index in [1.807, 2.05) is 13.8 Å². The number of nitrogens with one attached hydrogen (secondary N) is 1. The molecule has 1 aromatic rings. The van der Waals surface area contributed by atoms with Gasteiger partial charge in [0.15, 0.2) is 0 Å². The second-order valence-electron chi connectivity index (χ2n) is 3.60. The third kappa shape index (κ3) is 4.54. The van der Waals surface area contributed by atoms with Gasteiger partial charge >= 0.3 is 0 Å². The number of methoxy groups -OCH3 is 1. The lowest BCUT2D eigenvalue weighted by Crippen LogP contribution is -2.33. The fourth-order valence-electron chi connectivity index (χ4n) is 1.42. The highest BCUT2D eigenvalue weighted by Crippen LogP contribution is 2.14. The van der Waals surface area contributed by atoms with Crippen LogP contribution in [0, 0.1) is 6.92 Å². The molecule has 3 N–H and O–H groups in total. The summed E-state index contributed by atoms with van der Waals surface area (Å²) in [5, 5.41) is 3.19. The molecule has 96 valence electrons. The molecule has 17 heavy (non-hydrogen) atoms. The largest absolute Gasteiger partial charge is 0.478 e. The molecule has 0 bridgehead atoms. The molecule has 0 aromatic carbocycles. The van der Waals surface area contributed by atoms with Gasteiger partial charge in [-0.3, -0.25) is 0 Å². The zero-order valence-electron chi connectivity index (χ0n) is 10.6. The first kappa shape index (κ1) is 13.7. The molecule has 0 spiro atoms. The fourth-order valence-corrected chi connectivity index (χ4v) is 1.42. The summed E-state index contributed by atoms with van der Waals surface area (Å²) >= 11 is 0. The normalized spacial score (nSPS) is 12.2. The van der Waals surface area contributed by atoms with E-state index in [4.69, 9.17) is 15.2 Å². The lowest BCUT2D eigenvalue weighted by Gasteiger charge is -2.17. The number of anilines is 1. The summed E-state index contributed by atoms with van der Waals surface area (Å²) in [5.41, 5.74) is 5.62. The Morgan fingerprint density at radius 3 is 2.82 bits per heavy atom. The van der Waals surface area contributed by atoms with Gasteiger partial charge in [0.1, 0.15) is 11.6 Å². The van der Waals surface area contributed by atoms with Gasteiger partial charge in [0, 0.05) is 19.7 Å². The number of hydrogen-bond donors (Lipinski definition) is 2. The van der Waals surface area contributed by atoms with Crippen LogP contribution in [-0.4, -0.2) is 42.9 Å². The first-order valence-corrected chi connectivity index (χ1v) is 5.63. The smallest absolute Gasteiger partial charge is 0.218 e. The second-order valence-corrected chi connectivity index (χ2v) is 3.60. The van der Waals surface area contributed by atoms with Gasteiger partial charge in [-0.1, -0.05) is 0 Å². The SMILES string of the molecule is CCOc1cc(NC(CN)COC)nc(C)n1. The molecule has 0 aliphatic carbocycles. The lowest BCUT2D eigenvalue weighted by atomic mass is 10.3. The molecule has 0 saturated carbocycles. The monoisotopic (exact) mass is 240 g/mol. The Labute approximate surface area is 102 Å². The van der Waals surface area contributed by atoms with Crippen molar-refractivity contribution in [2.75, 3.05) is 32.2 Å². The van der Waals surface area contributed by atoms with E-state index in [-0.39, 0.29) is 6.04 Å². The molecule has 0 radical (unpaired) electrons. The molecule has 1 unspecified atom stereocenters. The first-order valence-electron chi connectivity index (χ1n) is 5.63. The zero-order chi connectivity index (χ0) is 12.7. The molecular weight excluding hydrogens is 220 g/mol. The van der Waals surface area contributed by atoms with E-state index in [0.29, 0.717) is 37.3 Å². The Kier molecular flexibility index (Phi) is 5.65. The van der Waals surface area contributed by atoms with Crippen molar-refractivity contribution >= 4 is 5.82 Å². The fraction of sp³-hybridized carbons (Fsp3) is 0.636. The number of hydrogen-bond acceptors (Lipinski definition) is 6. The van der Waals surface area contributed by atoms with Crippen molar-refractivity contribution < 1.29 is 9.47 Å². The van der Waals surface area contributed by atoms with Gasteiger partial charge in [-0.15, -0.1) is 0 Å². The highest BCUT2D eigenvalue weighted by molar-refractivity contribution is 5.39. The number of aryl methyl sites for hydroxylation is 1. The van der Waals surface area contributed by atoms with Crippen LogP contribution in [0.15, 0.2) is 6.07 Å². The maximum atomic E-state index is 5.62. The summed E-state index contributed by atoms with van der Waals surface area (Å²) in [6.07, 6.45) is 0. The highest BCUT2D eigenvalue weighted by Gasteiger charge is 2.08. The summed E-state index contributed by atoms with van der Waals surface area (Å²) in [6.45, 7) is 5.32. The van der Waals surface area contributed by atoms with Crippen LogP contribution in [0.1, 0.15) is 12.7 Å². The molecule has 6 nitrogen and oxygen atoms in total. The van der Waals surface area contributed by atoms with Crippen LogP contribution < -0.4 is 15.8 Å². The zero-order valence-corrected chi connectivity index (χ0v) is 10.6. The molecule has 1 aromatic heterocycles. The standard InChI is InChI=1S/C11H20N4O2/c1-4-17-11-5-10(13-8(2)14-11)15-9(6-12)7-16-3/h5,9H,4,6-7,12H2,1-3H3,(H,13,14,15). The predicted molar refractivity (Wildman–Crippen MR) is 66.3 cm³/mol. The predicted octanol–water partition coefficient (Wildman–Crippen LogP) is 0.569. The minimum atomic E-state index is 0.0313. The third-order valence-electron chi connectivity index (χ3n) is 2.11. The molecule has 1 rings (SSSR count). The third-order valence-corrected chi connectivity index (χ3v) is 2.11. The lowest BCUT2D eigenvalue weighted by molar-refractivity contribution is 0.187. The van der Waals surface area contributed by atoms with Crippen molar-refractivity contribution in [3.63, 3.8) is 0 Å². The van der Waals surface area contributed by atoms with Crippen molar-refractivity contribution in [2.24, 2.45) is 5.73 Å². The summed E-state index contributed by atoms with van der Waals surface area (Å²) in [6, 6.07) is 1.79. The van der Waals surface area contributed by atoms with Crippen molar-refractivity contribution in [3.8, 4) is 5.88 Å². The van der Waals surface area contributed by atoms with Gasteiger partial charge in [0.25, 0.3) is 0 Å². The van der Waals surface area contributed by atoms with Crippen LogP contribution in [0.4, 0.5) is 5.82 Å². The number of rotatable bonds is 7. The maximum Gasteiger partial charge on any atom is 0.218 e. The van der Waals surface area contributed by atoms with Crippen LogP contribution in [0.2, 0.25) is 0 Å². The molecule has 0 aliphatic rings. The maximum absolute atomic E-state index is 5.62. The van der Waals surface area contributed by atoms with Crippen molar-refractivity contribution in [1.82, 2.24) is 9.97 Å². The van der Waals surface area contributed by atoms with Crippen LogP contribution in [-0.2, 0) is 4.74 Å². The molecule has 0 fully saturated rings. The molecule has 6 heteroatoms. The summed E-state index contributed by atoms with van der Waals surface area (Å²) in [4.78, 5) is 8.44. The number of aromatic nitrogens is 2. The Morgan fingerprint density at radius 1 is 1.47 bits per heavy atom. The number of nitrogens with zero attached hydrogens (tertiary/aromatic N) is 2. The van der Waals surface area contributed by atoms with Gasteiger partial charge in [-0.05, 0) is 13.8 Å². The van der Waals surface area contributed by atoms with Crippen LogP contribution in [0.3, 0.4) is 0 Å². The van der Waals surface area contributed by atoms with Crippen molar-refractivity contribution in [1.29, 1.82) is 0 Å². The summed E-state index contributed by atoms with van der Waals surface area (Å²) < 4.78 is 10.4. The number of ether oxygens (including phenoxy) is 2. The molecular formula is C11H20N4O2. The molecule has 1 heterocycles. The van der Waals surface area contributed by atoms with Crippen LogP contribution in [0.25, 0.3) is 0 Å². The van der Waals surface area contributed by atoms with E-state index in [1.165, 1.54) is 0 Å². The highest BCUT2D eigenvalue weighted by atomic mass is 16.5. The summed E-state index contributed by atoms with van der Waals surface area (Å²) in [5.74, 6) is 1.93. The van der Waals surface area contributed by atoms with E-state index in [0.717, 1.165) is 0 Å². The van der Waals surface area contributed by atoms with E-state index in [2.05, 4.69) is 15.3 Å². The Morgan fingerprint density at radius 2 is 2.24 bits per heavy atom.